The predicted molar refractivity (Wildman–Crippen MR) is 39.0 cm³/mol. The van der Waals surface area contributed by atoms with Gasteiger partial charge in [0.1, 0.15) is 0 Å². The van der Waals surface area contributed by atoms with E-state index < -0.39 is 14.8 Å². The standard InChI is InChI=1S/C2H6Cl2OSSi/c3-2(4)5-7-1-6/h2,6H,1,7H2. The highest BCUT2D eigenvalue weighted by Gasteiger charge is 1.93. The molecule has 0 heterocycles. The Morgan fingerprint density at radius 2 is 2.29 bits per heavy atom. The lowest BCUT2D eigenvalue weighted by molar-refractivity contribution is 0.379. The van der Waals surface area contributed by atoms with Crippen LogP contribution in [0.4, 0.5) is 0 Å². The van der Waals surface area contributed by atoms with E-state index in [1.807, 2.05) is 0 Å². The van der Waals surface area contributed by atoms with E-state index in [1.165, 1.54) is 0 Å². The van der Waals surface area contributed by atoms with E-state index in [4.69, 9.17) is 27.6 Å². The molecule has 1 nitrogen and oxygen atoms in total. The first-order chi connectivity index (χ1) is 3.27. The molecule has 0 saturated heterocycles. The molecule has 0 rings (SSSR count). The minimum absolute atomic E-state index is 0.525. The first-order valence-electron chi connectivity index (χ1n) is 1.78. The predicted octanol–water partition coefficient (Wildman–Crippen LogP) is 0.735. The van der Waals surface area contributed by atoms with E-state index in [0.29, 0.717) is 0 Å². The maximum absolute atomic E-state index is 5.20. The van der Waals surface area contributed by atoms with Gasteiger partial charge in [-0.15, -0.1) is 0 Å². The molecule has 0 aliphatic heterocycles. The lowest BCUT2D eigenvalue weighted by Gasteiger charge is -1.98. The summed E-state index contributed by atoms with van der Waals surface area (Å²) in [5.74, 6) is 0. The Morgan fingerprint density at radius 3 is 2.43 bits per heavy atom. The molecule has 0 atom stereocenters. The molecule has 0 spiro atoms. The van der Waals surface area contributed by atoms with Gasteiger partial charge in [-0.3, -0.25) is 0 Å². The summed E-state index contributed by atoms with van der Waals surface area (Å²) in [5.41, 5.74) is 0. The van der Waals surface area contributed by atoms with Gasteiger partial charge in [0.05, 0.1) is 0 Å². The molecular weight excluding hydrogens is 171 g/mol. The maximum Gasteiger partial charge on any atom is 0.197 e. The highest BCUT2D eigenvalue weighted by Crippen LogP contribution is 2.00. The smallest absolute Gasteiger partial charge is 0.197 e. The second kappa shape index (κ2) is 5.25. The van der Waals surface area contributed by atoms with Crippen molar-refractivity contribution >= 4 is 45.6 Å². The molecule has 0 amide bonds. The Morgan fingerprint density at radius 1 is 1.71 bits per heavy atom. The SMILES string of the molecule is SC[SiH2]OC(Cl)Cl. The summed E-state index contributed by atoms with van der Waals surface area (Å²) >= 11 is 14.3. The minimum atomic E-state index is -0.640. The van der Waals surface area contributed by atoms with Gasteiger partial charge in [-0.1, -0.05) is 23.2 Å². The highest BCUT2D eigenvalue weighted by atomic mass is 35.5. The molecule has 0 saturated carbocycles. The van der Waals surface area contributed by atoms with E-state index in [0.717, 1.165) is 5.38 Å². The van der Waals surface area contributed by atoms with Gasteiger partial charge < -0.3 is 4.43 Å². The molecule has 0 fully saturated rings. The molecule has 0 aromatic heterocycles. The van der Waals surface area contributed by atoms with Crippen molar-refractivity contribution in [3.63, 3.8) is 0 Å². The number of hydrogen-bond acceptors (Lipinski definition) is 2. The van der Waals surface area contributed by atoms with Crippen LogP contribution in [0, 0.1) is 0 Å². The van der Waals surface area contributed by atoms with Crippen molar-refractivity contribution < 1.29 is 4.43 Å². The number of rotatable bonds is 3. The van der Waals surface area contributed by atoms with E-state index in [-0.39, 0.29) is 0 Å². The van der Waals surface area contributed by atoms with Gasteiger partial charge in [-0.2, -0.15) is 12.6 Å². The number of alkyl halides is 2. The third-order valence-corrected chi connectivity index (χ3v) is 2.31. The zero-order valence-corrected chi connectivity index (χ0v) is 7.42. The second-order valence-electron chi connectivity index (χ2n) is 0.855. The lowest BCUT2D eigenvalue weighted by Crippen LogP contribution is -2.03. The third kappa shape index (κ3) is 7.11. The van der Waals surface area contributed by atoms with Gasteiger partial charge in [0.2, 0.25) is 0 Å². The van der Waals surface area contributed by atoms with Gasteiger partial charge >= 0.3 is 0 Å². The molecule has 0 aliphatic carbocycles. The molecule has 7 heavy (non-hydrogen) atoms. The molecular formula is C2H6Cl2OSSi. The van der Waals surface area contributed by atoms with E-state index in [9.17, 15) is 0 Å². The first-order valence-corrected chi connectivity index (χ1v) is 4.86. The van der Waals surface area contributed by atoms with Crippen molar-refractivity contribution in [1.29, 1.82) is 0 Å². The molecule has 0 radical (unpaired) electrons. The van der Waals surface area contributed by atoms with E-state index in [1.54, 1.807) is 0 Å². The normalized spacial score (nSPS) is 12.0. The summed E-state index contributed by atoms with van der Waals surface area (Å²) in [6.45, 7) is 0. The van der Waals surface area contributed by atoms with Crippen LogP contribution in [0.15, 0.2) is 0 Å². The summed E-state index contributed by atoms with van der Waals surface area (Å²) in [6.07, 6.45) is 0. The van der Waals surface area contributed by atoms with E-state index >= 15 is 0 Å². The zero-order valence-electron chi connectivity index (χ0n) is 3.60. The third-order valence-electron chi connectivity index (χ3n) is 0.335. The van der Waals surface area contributed by atoms with Crippen LogP contribution in [0.2, 0.25) is 0 Å². The van der Waals surface area contributed by atoms with Crippen molar-refractivity contribution in [2.75, 3.05) is 5.38 Å². The second-order valence-corrected chi connectivity index (χ2v) is 4.40. The fourth-order valence-corrected chi connectivity index (χ4v) is 1.28. The van der Waals surface area contributed by atoms with Crippen molar-refractivity contribution in [3.05, 3.63) is 0 Å². The van der Waals surface area contributed by atoms with Gasteiger partial charge in [0.15, 0.2) is 14.8 Å². The Kier molecular flexibility index (Phi) is 6.08. The Labute approximate surface area is 60.7 Å². The summed E-state index contributed by atoms with van der Waals surface area (Å²) in [7, 11) is -0.525. The lowest BCUT2D eigenvalue weighted by atomic mass is 11.7. The average molecular weight is 177 g/mol. The quantitative estimate of drug-likeness (QED) is 0.380. The van der Waals surface area contributed by atoms with Crippen LogP contribution in [0.3, 0.4) is 0 Å². The van der Waals surface area contributed by atoms with Crippen molar-refractivity contribution in [1.82, 2.24) is 0 Å². The largest absolute Gasteiger partial charge is 0.396 e. The minimum Gasteiger partial charge on any atom is -0.396 e. The van der Waals surface area contributed by atoms with Gasteiger partial charge in [-0.25, -0.2) is 0 Å². The number of thiol groups is 1. The molecule has 44 valence electrons. The van der Waals surface area contributed by atoms with Crippen LogP contribution < -0.4 is 0 Å². The van der Waals surface area contributed by atoms with E-state index in [2.05, 4.69) is 12.6 Å². The monoisotopic (exact) mass is 176 g/mol. The average Bonchev–Trinajstić information content (AvgIpc) is 1.61. The van der Waals surface area contributed by atoms with Crippen LogP contribution in [0.1, 0.15) is 0 Å². The van der Waals surface area contributed by atoms with Crippen LogP contribution in [0.25, 0.3) is 0 Å². The zero-order chi connectivity index (χ0) is 5.70. The van der Waals surface area contributed by atoms with Crippen molar-refractivity contribution in [3.8, 4) is 0 Å². The van der Waals surface area contributed by atoms with Gasteiger partial charge in [0.25, 0.3) is 0 Å². The summed E-state index contributed by atoms with van der Waals surface area (Å²) in [6, 6.07) is 0. The Hall–Kier alpha value is 1.11. The maximum atomic E-state index is 5.20. The molecule has 0 aromatic rings. The van der Waals surface area contributed by atoms with Crippen LogP contribution >= 0.6 is 35.8 Å². The van der Waals surface area contributed by atoms with Crippen molar-refractivity contribution in [2.24, 2.45) is 0 Å². The fraction of sp³-hybridized carbons (Fsp3) is 1.00. The van der Waals surface area contributed by atoms with Crippen molar-refractivity contribution in [2.45, 2.75) is 5.02 Å². The van der Waals surface area contributed by atoms with Crippen LogP contribution in [0.5, 0.6) is 0 Å². The molecule has 0 bridgehead atoms. The topological polar surface area (TPSA) is 9.23 Å². The van der Waals surface area contributed by atoms with Crippen LogP contribution in [-0.4, -0.2) is 20.2 Å². The summed E-state index contributed by atoms with van der Waals surface area (Å²) in [4.78, 5) is 0. The fourth-order valence-electron chi connectivity index (χ4n) is 0.142. The number of hydrogen-bond donors (Lipinski definition) is 1. The summed E-state index contributed by atoms with van der Waals surface area (Å²) < 4.78 is 4.78. The molecule has 0 N–H and O–H groups in total. The van der Waals surface area contributed by atoms with Gasteiger partial charge in [-0.05, 0) is 0 Å². The Balaban J connectivity index is 2.68. The van der Waals surface area contributed by atoms with Crippen LogP contribution in [-0.2, 0) is 4.43 Å². The number of halogens is 2. The molecule has 0 unspecified atom stereocenters. The first kappa shape index (κ1) is 8.11. The molecule has 5 heteroatoms. The Bertz CT molecular complexity index is 44.7. The molecule has 0 aromatic carbocycles. The highest BCUT2D eigenvalue weighted by molar-refractivity contribution is 7.81. The summed E-state index contributed by atoms with van der Waals surface area (Å²) in [5, 5.41) is 0.148. The molecule has 0 aliphatic rings. The van der Waals surface area contributed by atoms with Gasteiger partial charge in [0, 0.05) is 5.38 Å².